The average molecular weight is 170 g/mol. The number of carbonyl (C=O) groups is 1. The Bertz CT molecular complexity index is 184. The summed E-state index contributed by atoms with van der Waals surface area (Å²) in [5, 5.41) is 11.5. The van der Waals surface area contributed by atoms with Crippen molar-refractivity contribution in [2.45, 2.75) is 0 Å². The number of carboxylic acid groups (broad SMARTS) is 1. The second-order valence-corrected chi connectivity index (χ2v) is 1.15. The Balaban J connectivity index is 0.000000640. The van der Waals surface area contributed by atoms with Crippen LogP contribution in [0, 0.1) is 6.20 Å². The van der Waals surface area contributed by atoms with Crippen molar-refractivity contribution in [2.24, 2.45) is 0 Å². The van der Waals surface area contributed by atoms with Crippen LogP contribution in [-0.4, -0.2) is 21.0 Å². The summed E-state index contributed by atoms with van der Waals surface area (Å²) in [5.41, 5.74) is 0. The van der Waals surface area contributed by atoms with Crippen molar-refractivity contribution in [2.75, 3.05) is 0 Å². The van der Waals surface area contributed by atoms with Crippen LogP contribution in [0.1, 0.15) is 0 Å². The summed E-state index contributed by atoms with van der Waals surface area (Å²) in [6.07, 6.45) is 2.58. The van der Waals surface area contributed by atoms with Gasteiger partial charge in [-0.25, -0.2) is 0 Å². The molecule has 0 aromatic carbocycles. The molecule has 9 heavy (non-hydrogen) atoms. The van der Waals surface area contributed by atoms with Crippen LogP contribution in [0.4, 0.5) is 4.79 Å². The van der Waals surface area contributed by atoms with Crippen LogP contribution < -0.4 is 0 Å². The third-order valence-electron chi connectivity index (χ3n) is 0.635. The Morgan fingerprint density at radius 2 is 2.44 bits per heavy atom. The van der Waals surface area contributed by atoms with E-state index in [1.807, 2.05) is 0 Å². The van der Waals surface area contributed by atoms with Crippen molar-refractivity contribution in [3.05, 3.63) is 18.5 Å². The molecular formula is C4H3CoN2O2-. The van der Waals surface area contributed by atoms with Crippen LogP contribution in [0.25, 0.3) is 0 Å². The molecule has 1 N–H and O–H groups in total. The van der Waals surface area contributed by atoms with Gasteiger partial charge in [-0.15, -0.1) is 6.07 Å². The smallest absolute Gasteiger partial charge is 0.323 e. The second-order valence-electron chi connectivity index (χ2n) is 1.15. The van der Waals surface area contributed by atoms with Crippen molar-refractivity contribution < 1.29 is 26.7 Å². The van der Waals surface area contributed by atoms with Gasteiger partial charge in [-0.3, -0.25) is 9.78 Å². The fourth-order valence-corrected chi connectivity index (χ4v) is 0.342. The van der Waals surface area contributed by atoms with E-state index >= 15 is 0 Å². The van der Waals surface area contributed by atoms with E-state index in [0.717, 1.165) is 0 Å². The van der Waals surface area contributed by atoms with E-state index in [1.165, 1.54) is 12.3 Å². The third-order valence-corrected chi connectivity index (χ3v) is 0.635. The maximum absolute atomic E-state index is 9.93. The molecule has 0 atom stereocenters. The Hall–Kier alpha value is -0.814. The molecule has 4 nitrogen and oxygen atoms in total. The van der Waals surface area contributed by atoms with E-state index in [0.29, 0.717) is 4.68 Å². The number of aromatic nitrogens is 2. The summed E-state index contributed by atoms with van der Waals surface area (Å²) in [7, 11) is 0. The van der Waals surface area contributed by atoms with Gasteiger partial charge >= 0.3 is 6.09 Å². The molecule has 0 aliphatic carbocycles. The first kappa shape index (κ1) is 8.19. The minimum atomic E-state index is -1.12. The van der Waals surface area contributed by atoms with Gasteiger partial charge in [0.15, 0.2) is 0 Å². The average Bonchev–Trinajstić information content (AvgIpc) is 2.12. The molecule has 1 radical (unpaired) electrons. The minimum absolute atomic E-state index is 0. The Kier molecular flexibility index (Phi) is 2.96. The number of hydrogen-bond acceptors (Lipinski definition) is 2. The summed E-state index contributed by atoms with van der Waals surface area (Å²) in [4.78, 5) is 9.93. The molecule has 1 aromatic heterocycles. The third kappa shape index (κ3) is 1.86. The Labute approximate surface area is 61.7 Å². The van der Waals surface area contributed by atoms with Crippen molar-refractivity contribution >= 4 is 6.09 Å². The molecular weight excluding hydrogens is 167 g/mol. The van der Waals surface area contributed by atoms with Gasteiger partial charge in [0.05, 0.1) is 0 Å². The zero-order valence-electron chi connectivity index (χ0n) is 4.24. The fourth-order valence-electron chi connectivity index (χ4n) is 0.342. The quantitative estimate of drug-likeness (QED) is 0.566. The summed E-state index contributed by atoms with van der Waals surface area (Å²) in [5.74, 6) is 0. The predicted molar refractivity (Wildman–Crippen MR) is 24.5 cm³/mol. The fraction of sp³-hybridized carbons (Fsp3) is 0. The molecule has 0 aliphatic heterocycles. The van der Waals surface area contributed by atoms with Gasteiger partial charge in [0.2, 0.25) is 0 Å². The molecule has 0 spiro atoms. The topological polar surface area (TPSA) is 55.1 Å². The molecule has 0 unspecified atom stereocenters. The summed E-state index contributed by atoms with van der Waals surface area (Å²) >= 11 is 0. The second kappa shape index (κ2) is 3.26. The molecule has 5 heteroatoms. The zero-order chi connectivity index (χ0) is 5.98. The van der Waals surface area contributed by atoms with E-state index in [-0.39, 0.29) is 16.8 Å². The number of nitrogens with zero attached hydrogens (tertiary/aromatic N) is 2. The standard InChI is InChI=1S/C4H3N2O2.Co/c7-4(8)6-3-1-2-5-6;/h1-2H,(H,7,8);/q-1;. The van der Waals surface area contributed by atoms with Crippen molar-refractivity contribution in [1.82, 2.24) is 9.78 Å². The molecule has 0 amide bonds. The van der Waals surface area contributed by atoms with Gasteiger partial charge < -0.3 is 9.90 Å². The normalized spacial score (nSPS) is 8.00. The summed E-state index contributed by atoms with van der Waals surface area (Å²) < 4.78 is 0.708. The van der Waals surface area contributed by atoms with Gasteiger partial charge in [-0.05, 0) is 0 Å². The first-order valence-corrected chi connectivity index (χ1v) is 1.96. The Morgan fingerprint density at radius 1 is 1.78 bits per heavy atom. The van der Waals surface area contributed by atoms with Crippen molar-refractivity contribution in [3.8, 4) is 0 Å². The van der Waals surface area contributed by atoms with Crippen LogP contribution in [0.2, 0.25) is 0 Å². The minimum Gasteiger partial charge on any atom is -0.521 e. The molecule has 0 saturated heterocycles. The maximum Gasteiger partial charge on any atom is 0.323 e. The molecule has 0 bridgehead atoms. The molecule has 0 fully saturated rings. The molecule has 0 saturated carbocycles. The van der Waals surface area contributed by atoms with Crippen molar-refractivity contribution in [1.29, 1.82) is 0 Å². The maximum atomic E-state index is 9.93. The van der Waals surface area contributed by atoms with E-state index < -0.39 is 6.09 Å². The van der Waals surface area contributed by atoms with E-state index in [1.54, 1.807) is 0 Å². The van der Waals surface area contributed by atoms with E-state index in [2.05, 4.69) is 11.3 Å². The van der Waals surface area contributed by atoms with Crippen LogP contribution in [0.5, 0.6) is 0 Å². The SMILES string of the molecule is O=C(O)n1[c-]ccn1.[Co]. The van der Waals surface area contributed by atoms with Crippen molar-refractivity contribution in [3.63, 3.8) is 0 Å². The molecule has 1 rings (SSSR count). The molecule has 51 valence electrons. The van der Waals surface area contributed by atoms with Gasteiger partial charge in [-0.1, -0.05) is 12.4 Å². The van der Waals surface area contributed by atoms with Crippen LogP contribution in [-0.2, 0) is 16.8 Å². The molecule has 1 aromatic rings. The van der Waals surface area contributed by atoms with Gasteiger partial charge in [-0.2, -0.15) is 0 Å². The zero-order valence-corrected chi connectivity index (χ0v) is 5.28. The summed E-state index contributed by atoms with van der Waals surface area (Å²) in [6, 6.07) is 1.42. The van der Waals surface area contributed by atoms with Crippen LogP contribution in [0.15, 0.2) is 12.3 Å². The van der Waals surface area contributed by atoms with E-state index in [4.69, 9.17) is 5.11 Å². The summed E-state index contributed by atoms with van der Waals surface area (Å²) in [6.45, 7) is 0. The van der Waals surface area contributed by atoms with Gasteiger partial charge in [0.25, 0.3) is 0 Å². The monoisotopic (exact) mass is 170 g/mol. The number of rotatable bonds is 0. The van der Waals surface area contributed by atoms with Crippen LogP contribution >= 0.6 is 0 Å². The van der Waals surface area contributed by atoms with E-state index in [9.17, 15) is 4.79 Å². The first-order chi connectivity index (χ1) is 3.80. The van der Waals surface area contributed by atoms with Gasteiger partial charge in [0.1, 0.15) is 0 Å². The Morgan fingerprint density at radius 3 is 2.67 bits per heavy atom. The molecule has 1 heterocycles. The molecule has 0 aliphatic rings. The number of hydrogen-bond donors (Lipinski definition) is 1. The van der Waals surface area contributed by atoms with Gasteiger partial charge in [0, 0.05) is 16.8 Å². The first-order valence-electron chi connectivity index (χ1n) is 1.96. The van der Waals surface area contributed by atoms with Crippen LogP contribution in [0.3, 0.4) is 0 Å². The largest absolute Gasteiger partial charge is 0.521 e. The predicted octanol–water partition coefficient (Wildman–Crippen LogP) is 0.207.